The Morgan fingerprint density at radius 2 is 1.96 bits per heavy atom. The number of rotatable bonds is 4. The molecule has 0 saturated carbocycles. The molecule has 0 spiro atoms. The summed E-state index contributed by atoms with van der Waals surface area (Å²) in [5.74, 6) is 0.473. The smallest absolute Gasteiger partial charge is 0.323 e. The number of amides is 2. The number of pyridine rings is 1. The first-order chi connectivity index (χ1) is 12.1. The number of nitrogens with zero attached hydrogens (tertiary/aromatic N) is 2. The molecule has 2 aromatic rings. The fourth-order valence-corrected chi connectivity index (χ4v) is 3.11. The zero-order valence-electron chi connectivity index (χ0n) is 14.3. The van der Waals surface area contributed by atoms with E-state index in [0.29, 0.717) is 24.0 Å². The quantitative estimate of drug-likeness (QED) is 0.869. The van der Waals surface area contributed by atoms with Crippen LogP contribution < -0.4 is 5.32 Å². The Kier molecular flexibility index (Phi) is 4.97. The van der Waals surface area contributed by atoms with E-state index in [4.69, 9.17) is 0 Å². The van der Waals surface area contributed by atoms with Gasteiger partial charge in [0, 0.05) is 6.54 Å². The lowest BCUT2D eigenvalue weighted by Gasteiger charge is -2.46. The van der Waals surface area contributed by atoms with Crippen LogP contribution in [-0.4, -0.2) is 35.5 Å². The topological polar surface area (TPSA) is 71.5 Å². The molecule has 0 aliphatic carbocycles. The molecule has 6 heteroatoms. The van der Waals surface area contributed by atoms with Gasteiger partial charge < -0.3 is 9.64 Å². The molecule has 0 bridgehead atoms. The molecule has 1 aliphatic heterocycles. The largest absolute Gasteiger partial charge is 0.469 e. The Morgan fingerprint density at radius 1 is 1.20 bits per heavy atom. The Hall–Kier alpha value is -2.89. The molecular weight excluding hydrogens is 318 g/mol. The third kappa shape index (κ3) is 3.79. The van der Waals surface area contributed by atoms with Crippen molar-refractivity contribution in [3.8, 4) is 0 Å². The minimum Gasteiger partial charge on any atom is -0.469 e. The van der Waals surface area contributed by atoms with Gasteiger partial charge in [-0.3, -0.25) is 10.1 Å². The summed E-state index contributed by atoms with van der Waals surface area (Å²) in [6.07, 6.45) is 0.0770. The van der Waals surface area contributed by atoms with Crippen molar-refractivity contribution in [2.45, 2.75) is 19.4 Å². The van der Waals surface area contributed by atoms with E-state index in [-0.39, 0.29) is 24.5 Å². The summed E-state index contributed by atoms with van der Waals surface area (Å²) in [6.45, 7) is 2.84. The highest BCUT2D eigenvalue weighted by atomic mass is 16.5. The number of nitrogens with one attached hydrogen (secondary N) is 1. The van der Waals surface area contributed by atoms with Gasteiger partial charge in [0.1, 0.15) is 5.82 Å². The number of carbonyl (C=O) groups excluding carboxylic acids is 2. The molecular formula is C19H21N3O3. The lowest BCUT2D eigenvalue weighted by atomic mass is 9.85. The van der Waals surface area contributed by atoms with Crippen LogP contribution in [0.25, 0.3) is 0 Å². The number of anilines is 1. The first-order valence-electron chi connectivity index (χ1n) is 8.24. The van der Waals surface area contributed by atoms with Gasteiger partial charge in [0.25, 0.3) is 0 Å². The summed E-state index contributed by atoms with van der Waals surface area (Å²) in [4.78, 5) is 30.1. The first kappa shape index (κ1) is 17.0. The van der Waals surface area contributed by atoms with Crippen LogP contribution in [0.1, 0.15) is 24.2 Å². The molecule has 0 unspecified atom stereocenters. The SMILES string of the molecule is COC(=O)Cc1cccc(NC(=O)N2C[C@H](C)[C@@H]2c2ccccc2)n1. The van der Waals surface area contributed by atoms with E-state index in [1.807, 2.05) is 30.3 Å². The molecule has 25 heavy (non-hydrogen) atoms. The number of benzene rings is 1. The van der Waals surface area contributed by atoms with Gasteiger partial charge in [0.05, 0.1) is 25.3 Å². The molecule has 2 amide bonds. The Bertz CT molecular complexity index is 764. The molecule has 3 rings (SSSR count). The molecule has 1 aromatic carbocycles. The third-order valence-corrected chi connectivity index (χ3v) is 4.36. The molecule has 0 radical (unpaired) electrons. The van der Waals surface area contributed by atoms with Gasteiger partial charge in [0.2, 0.25) is 0 Å². The molecule has 1 N–H and O–H groups in total. The third-order valence-electron chi connectivity index (χ3n) is 4.36. The van der Waals surface area contributed by atoms with Crippen LogP contribution in [0, 0.1) is 5.92 Å². The lowest BCUT2D eigenvalue weighted by molar-refractivity contribution is -0.139. The van der Waals surface area contributed by atoms with Crippen LogP contribution in [0.5, 0.6) is 0 Å². The number of esters is 1. The molecule has 1 saturated heterocycles. The summed E-state index contributed by atoms with van der Waals surface area (Å²) in [5.41, 5.74) is 1.69. The van der Waals surface area contributed by atoms with E-state index in [2.05, 4.69) is 22.0 Å². The predicted octanol–water partition coefficient (Wildman–Crippen LogP) is 3.02. The number of carbonyl (C=O) groups is 2. The van der Waals surface area contributed by atoms with Crippen molar-refractivity contribution in [3.63, 3.8) is 0 Å². The molecule has 2 heterocycles. The van der Waals surface area contributed by atoms with Crippen molar-refractivity contribution >= 4 is 17.8 Å². The molecule has 6 nitrogen and oxygen atoms in total. The van der Waals surface area contributed by atoms with E-state index >= 15 is 0 Å². The van der Waals surface area contributed by atoms with Crippen molar-refractivity contribution < 1.29 is 14.3 Å². The summed E-state index contributed by atoms with van der Waals surface area (Å²) in [6, 6.07) is 15.1. The first-order valence-corrected chi connectivity index (χ1v) is 8.24. The number of hydrogen-bond donors (Lipinski definition) is 1. The second-order valence-electron chi connectivity index (χ2n) is 6.18. The maximum Gasteiger partial charge on any atom is 0.323 e. The van der Waals surface area contributed by atoms with Crippen molar-refractivity contribution in [1.29, 1.82) is 0 Å². The van der Waals surface area contributed by atoms with Crippen molar-refractivity contribution in [2.75, 3.05) is 19.0 Å². The number of aromatic nitrogens is 1. The monoisotopic (exact) mass is 339 g/mol. The highest BCUT2D eigenvalue weighted by Crippen LogP contribution is 2.38. The molecule has 1 fully saturated rings. The lowest BCUT2D eigenvalue weighted by Crippen LogP contribution is -2.53. The van der Waals surface area contributed by atoms with E-state index in [9.17, 15) is 9.59 Å². The maximum atomic E-state index is 12.6. The fourth-order valence-electron chi connectivity index (χ4n) is 3.11. The van der Waals surface area contributed by atoms with Crippen molar-refractivity contribution in [3.05, 3.63) is 59.8 Å². The Morgan fingerprint density at radius 3 is 2.64 bits per heavy atom. The van der Waals surface area contributed by atoms with Crippen LogP contribution in [0.15, 0.2) is 48.5 Å². The zero-order valence-corrected chi connectivity index (χ0v) is 14.3. The van der Waals surface area contributed by atoms with Gasteiger partial charge in [-0.05, 0) is 23.6 Å². The van der Waals surface area contributed by atoms with Gasteiger partial charge >= 0.3 is 12.0 Å². The van der Waals surface area contributed by atoms with Crippen LogP contribution in [0.2, 0.25) is 0 Å². The number of hydrogen-bond acceptors (Lipinski definition) is 4. The highest BCUT2D eigenvalue weighted by molar-refractivity contribution is 5.89. The van der Waals surface area contributed by atoms with Crippen LogP contribution >= 0.6 is 0 Å². The Balaban J connectivity index is 1.68. The van der Waals surface area contributed by atoms with Crippen LogP contribution in [-0.2, 0) is 16.0 Å². The fraction of sp³-hybridized carbons (Fsp3) is 0.316. The molecule has 2 atom stereocenters. The molecule has 130 valence electrons. The normalized spacial score (nSPS) is 19.0. The van der Waals surface area contributed by atoms with Crippen molar-refractivity contribution in [1.82, 2.24) is 9.88 Å². The van der Waals surface area contributed by atoms with Crippen molar-refractivity contribution in [2.24, 2.45) is 5.92 Å². The van der Waals surface area contributed by atoms with Gasteiger partial charge in [0.15, 0.2) is 0 Å². The van der Waals surface area contributed by atoms with Crippen LogP contribution in [0.4, 0.5) is 10.6 Å². The van der Waals surface area contributed by atoms with Gasteiger partial charge in [-0.15, -0.1) is 0 Å². The maximum absolute atomic E-state index is 12.6. The molecule has 1 aliphatic rings. The van der Waals surface area contributed by atoms with E-state index in [1.165, 1.54) is 7.11 Å². The minimum absolute atomic E-state index is 0.0689. The Labute approximate surface area is 146 Å². The average molecular weight is 339 g/mol. The number of urea groups is 1. The summed E-state index contributed by atoms with van der Waals surface area (Å²) >= 11 is 0. The number of likely N-dealkylation sites (tertiary alicyclic amines) is 1. The standard InChI is InChI=1S/C19H21N3O3/c1-13-12-22(18(13)14-7-4-3-5-8-14)19(24)21-16-10-6-9-15(20-16)11-17(23)25-2/h3-10,13,18H,11-12H2,1-2H3,(H,20,21,24)/t13-,18+/m0/s1. The molecule has 1 aromatic heterocycles. The highest BCUT2D eigenvalue weighted by Gasteiger charge is 2.40. The van der Waals surface area contributed by atoms with Crippen LogP contribution in [0.3, 0.4) is 0 Å². The average Bonchev–Trinajstić information content (AvgIpc) is 2.60. The van der Waals surface area contributed by atoms with Gasteiger partial charge in [-0.1, -0.05) is 43.3 Å². The second-order valence-corrected chi connectivity index (χ2v) is 6.18. The van der Waals surface area contributed by atoms with E-state index in [0.717, 1.165) is 5.56 Å². The summed E-state index contributed by atoms with van der Waals surface area (Å²) in [7, 11) is 1.34. The predicted molar refractivity (Wildman–Crippen MR) is 94.0 cm³/mol. The summed E-state index contributed by atoms with van der Waals surface area (Å²) < 4.78 is 4.64. The zero-order chi connectivity index (χ0) is 17.8. The van der Waals surface area contributed by atoms with E-state index in [1.54, 1.807) is 23.1 Å². The minimum atomic E-state index is -0.364. The second kappa shape index (κ2) is 7.34. The number of methoxy groups -OCH3 is 1. The number of ether oxygens (including phenoxy) is 1. The van der Waals surface area contributed by atoms with Gasteiger partial charge in [-0.25, -0.2) is 9.78 Å². The van der Waals surface area contributed by atoms with E-state index < -0.39 is 0 Å². The van der Waals surface area contributed by atoms with Gasteiger partial charge in [-0.2, -0.15) is 0 Å². The summed E-state index contributed by atoms with van der Waals surface area (Å²) in [5, 5.41) is 2.82.